The monoisotopic (exact) mass is 599 g/mol. The average Bonchev–Trinajstić information content (AvgIpc) is 3.68. The molecule has 2 aromatic carbocycles. The number of H-pyrrole nitrogens is 1. The van der Waals surface area contributed by atoms with Crippen LogP contribution in [0.1, 0.15) is 54.0 Å². The third kappa shape index (κ3) is 5.61. The molecule has 0 saturated heterocycles. The van der Waals surface area contributed by atoms with Crippen LogP contribution in [0.3, 0.4) is 0 Å². The number of rotatable bonds is 4. The van der Waals surface area contributed by atoms with Crippen LogP contribution in [0.15, 0.2) is 60.9 Å². The molecule has 11 nitrogen and oxygen atoms in total. The summed E-state index contributed by atoms with van der Waals surface area (Å²) in [5, 5.41) is 24.5. The molecule has 1 unspecified atom stereocenters. The van der Waals surface area contributed by atoms with Gasteiger partial charge < -0.3 is 10.6 Å². The molecular formula is C30H27ClFN9O2. The topological polar surface area (TPSA) is 143 Å². The Balaban J connectivity index is 1.36. The zero-order valence-electron chi connectivity index (χ0n) is 23.3. The summed E-state index contributed by atoms with van der Waals surface area (Å²) in [6.45, 7) is 3.58. The number of hydrogen-bond donors (Lipinski definition) is 3. The van der Waals surface area contributed by atoms with Crippen molar-refractivity contribution < 1.29 is 14.0 Å². The maximum atomic E-state index is 14.7. The minimum Gasteiger partial charge on any atom is -0.344 e. The summed E-state index contributed by atoms with van der Waals surface area (Å²) in [5.74, 6) is -0.865. The first-order valence-corrected chi connectivity index (χ1v) is 14.1. The van der Waals surface area contributed by atoms with Gasteiger partial charge in [0, 0.05) is 28.9 Å². The molecule has 4 heterocycles. The molecule has 2 atom stereocenters. The fourth-order valence-corrected chi connectivity index (χ4v) is 5.37. The molecule has 2 amide bonds. The van der Waals surface area contributed by atoms with Gasteiger partial charge in [0.25, 0.3) is 5.91 Å². The Morgan fingerprint density at radius 3 is 2.81 bits per heavy atom. The first kappa shape index (κ1) is 28.2. The van der Waals surface area contributed by atoms with E-state index in [0.29, 0.717) is 47.7 Å². The number of fused-ring (bicyclic) bond motifs is 4. The Morgan fingerprint density at radius 1 is 1.14 bits per heavy atom. The van der Waals surface area contributed by atoms with Crippen LogP contribution in [-0.4, -0.2) is 47.2 Å². The quantitative estimate of drug-likeness (QED) is 0.249. The molecule has 1 aliphatic heterocycles. The summed E-state index contributed by atoms with van der Waals surface area (Å²) in [7, 11) is 0. The molecular weight excluding hydrogens is 573 g/mol. The van der Waals surface area contributed by atoms with Crippen LogP contribution >= 0.6 is 11.6 Å². The number of pyridine rings is 1. The molecule has 6 rings (SSSR count). The van der Waals surface area contributed by atoms with Crippen LogP contribution in [0.4, 0.5) is 10.1 Å². The number of aromatic nitrogens is 7. The third-order valence-electron chi connectivity index (χ3n) is 7.64. The molecule has 0 aliphatic carbocycles. The molecule has 0 spiro atoms. The van der Waals surface area contributed by atoms with E-state index >= 15 is 0 Å². The predicted octanol–water partition coefficient (Wildman–Crippen LogP) is 5.44. The van der Waals surface area contributed by atoms with Gasteiger partial charge in [-0.1, -0.05) is 31.0 Å². The van der Waals surface area contributed by atoms with Crippen LogP contribution in [0.2, 0.25) is 5.02 Å². The van der Waals surface area contributed by atoms with Crippen LogP contribution < -0.4 is 10.6 Å². The van der Waals surface area contributed by atoms with Gasteiger partial charge in [-0.15, -0.1) is 5.10 Å². The molecule has 0 saturated carbocycles. The SMILES string of the molecule is Cc1c(C(=O)N[C@H]2CCCC(C)C(=O)Nc3ccc(-c4nnn[nH]4)cc3-c3ccnc2c3)cnn1-c1cccc(Cl)c1F. The molecule has 0 fully saturated rings. The van der Waals surface area contributed by atoms with Crippen LogP contribution in [0, 0.1) is 18.7 Å². The summed E-state index contributed by atoms with van der Waals surface area (Å²) >= 11 is 5.97. The summed E-state index contributed by atoms with van der Waals surface area (Å²) in [5.41, 5.74) is 4.50. The zero-order chi connectivity index (χ0) is 30.1. The Hall–Kier alpha value is -4.97. The highest BCUT2D eigenvalue weighted by atomic mass is 35.5. The second-order valence-electron chi connectivity index (χ2n) is 10.5. The van der Waals surface area contributed by atoms with E-state index < -0.39 is 11.9 Å². The highest BCUT2D eigenvalue weighted by molar-refractivity contribution is 6.30. The van der Waals surface area contributed by atoms with Gasteiger partial charge in [-0.25, -0.2) is 14.2 Å². The van der Waals surface area contributed by atoms with Crippen LogP contribution in [0.5, 0.6) is 0 Å². The van der Waals surface area contributed by atoms with Crippen LogP contribution in [-0.2, 0) is 4.79 Å². The van der Waals surface area contributed by atoms with Gasteiger partial charge in [-0.2, -0.15) is 5.10 Å². The van der Waals surface area contributed by atoms with Gasteiger partial charge in [0.05, 0.1) is 34.2 Å². The molecule has 3 aromatic heterocycles. The van der Waals surface area contributed by atoms with Crippen molar-refractivity contribution in [3.8, 4) is 28.2 Å². The normalized spacial score (nSPS) is 16.9. The van der Waals surface area contributed by atoms with Gasteiger partial charge in [-0.3, -0.25) is 14.6 Å². The number of halogens is 2. The Morgan fingerprint density at radius 2 is 2.00 bits per heavy atom. The van der Waals surface area contributed by atoms with Crippen molar-refractivity contribution in [1.29, 1.82) is 0 Å². The van der Waals surface area contributed by atoms with E-state index in [0.717, 1.165) is 16.7 Å². The number of benzene rings is 2. The Bertz CT molecular complexity index is 1820. The van der Waals surface area contributed by atoms with Gasteiger partial charge in [0.2, 0.25) is 5.91 Å². The first-order chi connectivity index (χ1) is 20.8. The lowest BCUT2D eigenvalue weighted by Crippen LogP contribution is -2.30. The van der Waals surface area contributed by atoms with E-state index in [1.54, 1.807) is 25.3 Å². The minimum atomic E-state index is -0.621. The van der Waals surface area contributed by atoms with E-state index in [1.807, 2.05) is 37.3 Å². The van der Waals surface area contributed by atoms with Crippen molar-refractivity contribution in [1.82, 2.24) is 40.7 Å². The highest BCUT2D eigenvalue weighted by Gasteiger charge is 2.25. The number of tetrazole rings is 1. The van der Waals surface area contributed by atoms with E-state index in [9.17, 15) is 14.0 Å². The van der Waals surface area contributed by atoms with Crippen molar-refractivity contribution in [2.75, 3.05) is 5.32 Å². The summed E-state index contributed by atoms with van der Waals surface area (Å²) in [6.07, 6.45) is 4.92. The van der Waals surface area contributed by atoms with Crippen molar-refractivity contribution in [2.45, 2.75) is 39.2 Å². The van der Waals surface area contributed by atoms with Crippen molar-refractivity contribution in [3.63, 3.8) is 0 Å². The van der Waals surface area contributed by atoms with Gasteiger partial charge in [-0.05, 0) is 78.2 Å². The fourth-order valence-electron chi connectivity index (χ4n) is 5.20. The highest BCUT2D eigenvalue weighted by Crippen LogP contribution is 2.34. The van der Waals surface area contributed by atoms with E-state index in [2.05, 4.69) is 41.3 Å². The summed E-state index contributed by atoms with van der Waals surface area (Å²) in [4.78, 5) is 31.3. The Labute approximate surface area is 250 Å². The number of anilines is 1. The van der Waals surface area contributed by atoms with Crippen molar-refractivity contribution in [2.24, 2.45) is 5.92 Å². The summed E-state index contributed by atoms with van der Waals surface area (Å²) in [6, 6.07) is 13.5. The maximum absolute atomic E-state index is 14.7. The lowest BCUT2D eigenvalue weighted by Gasteiger charge is -2.22. The molecule has 218 valence electrons. The third-order valence-corrected chi connectivity index (χ3v) is 7.93. The number of carbonyl (C=O) groups is 2. The van der Waals surface area contributed by atoms with Gasteiger partial charge in [0.15, 0.2) is 11.6 Å². The lowest BCUT2D eigenvalue weighted by molar-refractivity contribution is -0.119. The number of nitrogens with one attached hydrogen (secondary N) is 3. The number of nitrogens with zero attached hydrogens (tertiary/aromatic N) is 6. The number of hydrogen-bond acceptors (Lipinski definition) is 7. The minimum absolute atomic E-state index is 0.0355. The zero-order valence-corrected chi connectivity index (χ0v) is 24.1. The second-order valence-corrected chi connectivity index (χ2v) is 10.9. The van der Waals surface area contributed by atoms with E-state index in [1.165, 1.54) is 16.9 Å². The van der Waals surface area contributed by atoms with Crippen LogP contribution in [0.25, 0.3) is 28.2 Å². The molecule has 2 bridgehead atoms. The van der Waals surface area contributed by atoms with Gasteiger partial charge in [0.1, 0.15) is 5.69 Å². The second kappa shape index (κ2) is 11.7. The fraction of sp³-hybridized carbons (Fsp3) is 0.233. The van der Waals surface area contributed by atoms with Crippen molar-refractivity contribution in [3.05, 3.63) is 88.7 Å². The van der Waals surface area contributed by atoms with E-state index in [-0.39, 0.29) is 28.4 Å². The molecule has 3 N–H and O–H groups in total. The predicted molar refractivity (Wildman–Crippen MR) is 158 cm³/mol. The van der Waals surface area contributed by atoms with Crippen molar-refractivity contribution >= 4 is 29.1 Å². The molecule has 1 aliphatic rings. The molecule has 43 heavy (non-hydrogen) atoms. The largest absolute Gasteiger partial charge is 0.344 e. The average molecular weight is 600 g/mol. The molecule has 5 aromatic rings. The Kier molecular flexibility index (Phi) is 7.68. The number of carbonyl (C=O) groups excluding carboxylic acids is 2. The standard InChI is InChI=1S/C30H27ClFN9O2/c1-16-5-3-7-24(36-30(43)21-15-34-41(17(21)2)26-8-4-6-22(31)27(26)32)25-14-18(11-12-33-25)20-13-19(28-37-39-40-38-28)9-10-23(20)35-29(16)42/h4,6,8-16,24H,3,5,7H2,1-2H3,(H,35,42)(H,36,43)(H,37,38,39,40)/t16?,24-/m0/s1. The van der Waals surface area contributed by atoms with Gasteiger partial charge >= 0.3 is 0 Å². The lowest BCUT2D eigenvalue weighted by atomic mass is 9.94. The smallest absolute Gasteiger partial charge is 0.255 e. The number of aromatic amines is 1. The summed E-state index contributed by atoms with van der Waals surface area (Å²) < 4.78 is 16.1. The molecule has 0 radical (unpaired) electrons. The first-order valence-electron chi connectivity index (χ1n) is 13.8. The maximum Gasteiger partial charge on any atom is 0.255 e. The number of amides is 2. The molecule has 13 heteroatoms. The van der Waals surface area contributed by atoms with E-state index in [4.69, 9.17) is 11.6 Å².